The summed E-state index contributed by atoms with van der Waals surface area (Å²) in [5.41, 5.74) is 1.13. The quantitative estimate of drug-likeness (QED) is 0.876. The van der Waals surface area contributed by atoms with Gasteiger partial charge in [0.25, 0.3) is 5.91 Å². The van der Waals surface area contributed by atoms with E-state index in [0.717, 1.165) is 16.1 Å². The highest BCUT2D eigenvalue weighted by molar-refractivity contribution is 9.10. The summed E-state index contributed by atoms with van der Waals surface area (Å²) in [6, 6.07) is 8.79. The highest BCUT2D eigenvalue weighted by Gasteiger charge is 2.15. The highest BCUT2D eigenvalue weighted by Crippen LogP contribution is 2.20. The van der Waals surface area contributed by atoms with Crippen LogP contribution in [0.5, 0.6) is 0 Å². The molecule has 0 spiro atoms. The number of rotatable bonds is 2. The van der Waals surface area contributed by atoms with Crippen LogP contribution in [0.3, 0.4) is 0 Å². The van der Waals surface area contributed by atoms with Gasteiger partial charge >= 0.3 is 0 Å². The number of halogens is 3. The molecule has 0 fully saturated rings. The highest BCUT2D eigenvalue weighted by atomic mass is 79.9. The fourth-order valence-electron chi connectivity index (χ4n) is 1.69. The van der Waals surface area contributed by atoms with E-state index in [1.165, 1.54) is 12.1 Å². The SMILES string of the molecule is Cc1cc(Br)cc(NC(=O)c2cccc(F)c2F)c1. The van der Waals surface area contributed by atoms with Crippen LogP contribution in [0.1, 0.15) is 15.9 Å². The van der Waals surface area contributed by atoms with E-state index in [0.29, 0.717) is 5.69 Å². The summed E-state index contributed by atoms with van der Waals surface area (Å²) in [5.74, 6) is -2.88. The molecule has 0 saturated carbocycles. The van der Waals surface area contributed by atoms with E-state index >= 15 is 0 Å². The van der Waals surface area contributed by atoms with Gasteiger partial charge in [0.2, 0.25) is 0 Å². The molecule has 0 bridgehead atoms. The van der Waals surface area contributed by atoms with E-state index in [4.69, 9.17) is 0 Å². The molecule has 1 amide bonds. The lowest BCUT2D eigenvalue weighted by Gasteiger charge is -2.08. The molecule has 2 aromatic rings. The molecule has 0 unspecified atom stereocenters. The number of benzene rings is 2. The van der Waals surface area contributed by atoms with Gasteiger partial charge in [-0.05, 0) is 42.8 Å². The maximum absolute atomic E-state index is 13.5. The van der Waals surface area contributed by atoms with Crippen LogP contribution in [-0.4, -0.2) is 5.91 Å². The molecular weight excluding hydrogens is 316 g/mol. The Bertz CT molecular complexity index is 623. The van der Waals surface area contributed by atoms with Crippen molar-refractivity contribution in [2.75, 3.05) is 5.32 Å². The molecule has 0 heterocycles. The number of aryl methyl sites for hydroxylation is 1. The molecule has 5 heteroatoms. The van der Waals surface area contributed by atoms with E-state index in [2.05, 4.69) is 21.2 Å². The van der Waals surface area contributed by atoms with Gasteiger partial charge in [0.15, 0.2) is 11.6 Å². The van der Waals surface area contributed by atoms with E-state index in [1.807, 2.05) is 13.0 Å². The first-order chi connectivity index (χ1) is 8.97. The van der Waals surface area contributed by atoms with Crippen molar-refractivity contribution in [2.24, 2.45) is 0 Å². The number of hydrogen-bond acceptors (Lipinski definition) is 1. The lowest BCUT2D eigenvalue weighted by molar-refractivity contribution is 0.102. The van der Waals surface area contributed by atoms with Gasteiger partial charge in [0.1, 0.15) is 0 Å². The Balaban J connectivity index is 2.28. The van der Waals surface area contributed by atoms with Crippen molar-refractivity contribution < 1.29 is 13.6 Å². The third-order valence-corrected chi connectivity index (χ3v) is 2.95. The van der Waals surface area contributed by atoms with Crippen LogP contribution in [-0.2, 0) is 0 Å². The first kappa shape index (κ1) is 13.7. The van der Waals surface area contributed by atoms with Crippen LogP contribution in [0, 0.1) is 18.6 Å². The summed E-state index contributed by atoms with van der Waals surface area (Å²) >= 11 is 3.30. The maximum Gasteiger partial charge on any atom is 0.258 e. The van der Waals surface area contributed by atoms with Gasteiger partial charge in [0.05, 0.1) is 5.56 Å². The predicted octanol–water partition coefficient (Wildman–Crippen LogP) is 4.29. The minimum atomic E-state index is -1.15. The normalized spacial score (nSPS) is 10.3. The smallest absolute Gasteiger partial charge is 0.258 e. The van der Waals surface area contributed by atoms with Crippen molar-refractivity contribution in [3.63, 3.8) is 0 Å². The lowest BCUT2D eigenvalue weighted by atomic mass is 10.1. The second-order valence-corrected chi connectivity index (χ2v) is 4.99. The van der Waals surface area contributed by atoms with Gasteiger partial charge in [0, 0.05) is 10.2 Å². The van der Waals surface area contributed by atoms with Crippen molar-refractivity contribution in [3.05, 3.63) is 63.6 Å². The zero-order chi connectivity index (χ0) is 14.0. The number of carbonyl (C=O) groups is 1. The average Bonchev–Trinajstić information content (AvgIpc) is 2.31. The first-order valence-corrected chi connectivity index (χ1v) is 6.29. The zero-order valence-corrected chi connectivity index (χ0v) is 11.6. The molecular formula is C14H10BrF2NO. The van der Waals surface area contributed by atoms with E-state index in [9.17, 15) is 13.6 Å². The van der Waals surface area contributed by atoms with Crippen LogP contribution in [0.2, 0.25) is 0 Å². The van der Waals surface area contributed by atoms with Crippen LogP contribution >= 0.6 is 15.9 Å². The summed E-state index contributed by atoms with van der Waals surface area (Å²) in [6.07, 6.45) is 0. The maximum atomic E-state index is 13.5. The second-order valence-electron chi connectivity index (χ2n) is 4.07. The lowest BCUT2D eigenvalue weighted by Crippen LogP contribution is -2.14. The Morgan fingerprint density at radius 1 is 1.21 bits per heavy atom. The van der Waals surface area contributed by atoms with E-state index in [-0.39, 0.29) is 5.56 Å². The van der Waals surface area contributed by atoms with E-state index in [1.54, 1.807) is 12.1 Å². The van der Waals surface area contributed by atoms with Gasteiger partial charge < -0.3 is 5.32 Å². The second kappa shape index (κ2) is 5.48. The van der Waals surface area contributed by atoms with Crippen molar-refractivity contribution in [3.8, 4) is 0 Å². The summed E-state index contributed by atoms with van der Waals surface area (Å²) in [7, 11) is 0. The molecule has 0 aliphatic heterocycles. The topological polar surface area (TPSA) is 29.1 Å². The molecule has 0 aliphatic carbocycles. The Labute approximate surface area is 117 Å². The molecule has 98 valence electrons. The third-order valence-electron chi connectivity index (χ3n) is 2.50. The Morgan fingerprint density at radius 3 is 2.63 bits per heavy atom. The summed E-state index contributed by atoms with van der Waals surface area (Å²) in [6.45, 7) is 1.86. The van der Waals surface area contributed by atoms with Gasteiger partial charge in [-0.2, -0.15) is 0 Å². The Morgan fingerprint density at radius 2 is 1.95 bits per heavy atom. The molecule has 0 atom stereocenters. The molecule has 2 rings (SSSR count). The van der Waals surface area contributed by atoms with Gasteiger partial charge in [-0.25, -0.2) is 8.78 Å². The largest absolute Gasteiger partial charge is 0.322 e. The number of nitrogens with one attached hydrogen (secondary N) is 1. The van der Waals surface area contributed by atoms with Crippen molar-refractivity contribution in [2.45, 2.75) is 6.92 Å². The van der Waals surface area contributed by atoms with Crippen molar-refractivity contribution in [1.82, 2.24) is 0 Å². The monoisotopic (exact) mass is 325 g/mol. The molecule has 1 N–H and O–H groups in total. The van der Waals surface area contributed by atoms with Crippen LogP contribution in [0.4, 0.5) is 14.5 Å². The minimum absolute atomic E-state index is 0.322. The van der Waals surface area contributed by atoms with Gasteiger partial charge in [-0.1, -0.05) is 22.0 Å². The fraction of sp³-hybridized carbons (Fsp3) is 0.0714. The molecule has 2 aromatic carbocycles. The van der Waals surface area contributed by atoms with Gasteiger partial charge in [-0.3, -0.25) is 4.79 Å². The molecule has 19 heavy (non-hydrogen) atoms. The summed E-state index contributed by atoms with van der Waals surface area (Å²) in [4.78, 5) is 11.9. The van der Waals surface area contributed by atoms with Crippen molar-refractivity contribution >= 4 is 27.5 Å². The van der Waals surface area contributed by atoms with Crippen LogP contribution in [0.25, 0.3) is 0 Å². The molecule has 2 nitrogen and oxygen atoms in total. The van der Waals surface area contributed by atoms with E-state index < -0.39 is 17.5 Å². The number of carbonyl (C=O) groups excluding carboxylic acids is 1. The molecule has 0 saturated heterocycles. The standard InChI is InChI=1S/C14H10BrF2NO/c1-8-5-9(15)7-10(6-8)18-14(19)11-3-2-4-12(16)13(11)17/h2-7H,1H3,(H,18,19). The number of amides is 1. The summed E-state index contributed by atoms with van der Waals surface area (Å²) < 4.78 is 27.3. The molecule has 0 radical (unpaired) electrons. The minimum Gasteiger partial charge on any atom is -0.322 e. The summed E-state index contributed by atoms with van der Waals surface area (Å²) in [5, 5.41) is 2.53. The third kappa shape index (κ3) is 3.17. The molecule has 0 aromatic heterocycles. The first-order valence-electron chi connectivity index (χ1n) is 5.50. The van der Waals surface area contributed by atoms with Crippen molar-refractivity contribution in [1.29, 1.82) is 0 Å². The Kier molecular flexibility index (Phi) is 3.95. The molecule has 0 aliphatic rings. The predicted molar refractivity (Wildman–Crippen MR) is 73.2 cm³/mol. The fourth-order valence-corrected chi connectivity index (χ4v) is 2.29. The Hall–Kier alpha value is -1.75. The van der Waals surface area contributed by atoms with Crippen LogP contribution < -0.4 is 5.32 Å². The zero-order valence-electron chi connectivity index (χ0n) is 10.0. The number of hydrogen-bond donors (Lipinski definition) is 1. The van der Waals surface area contributed by atoms with Gasteiger partial charge in [-0.15, -0.1) is 0 Å². The number of anilines is 1. The average molecular weight is 326 g/mol. The van der Waals surface area contributed by atoms with Crippen LogP contribution in [0.15, 0.2) is 40.9 Å².